The van der Waals surface area contributed by atoms with Gasteiger partial charge in [0.25, 0.3) is 0 Å². The van der Waals surface area contributed by atoms with Gasteiger partial charge in [0, 0.05) is 13.1 Å². The maximum atomic E-state index is 11.7. The van der Waals surface area contributed by atoms with E-state index in [1.807, 2.05) is 0 Å². The first-order valence-electron chi connectivity index (χ1n) is 5.86. The number of carboxylic acids is 1. The molecule has 5 nitrogen and oxygen atoms in total. The van der Waals surface area contributed by atoms with E-state index in [-0.39, 0.29) is 18.6 Å². The standard InChI is InChI=1S/C12H17NO4/c1-2-6-17-11(16)13-5-3-4-12(10(14)15)7-9(12)8-13/h2,9H,1,3-8H2,(H,14,15). The minimum Gasteiger partial charge on any atom is -0.481 e. The Bertz CT molecular complexity index is 354. The van der Waals surface area contributed by atoms with Crippen LogP contribution < -0.4 is 0 Å². The summed E-state index contributed by atoms with van der Waals surface area (Å²) < 4.78 is 4.97. The second-order valence-corrected chi connectivity index (χ2v) is 4.78. The lowest BCUT2D eigenvalue weighted by molar-refractivity contribution is -0.144. The average Bonchev–Trinajstić information content (AvgIpc) is 2.99. The van der Waals surface area contributed by atoms with Crippen LogP contribution in [-0.2, 0) is 9.53 Å². The lowest BCUT2D eigenvalue weighted by Gasteiger charge is -2.19. The molecular formula is C12H17NO4. The van der Waals surface area contributed by atoms with Crippen LogP contribution in [0.1, 0.15) is 19.3 Å². The van der Waals surface area contributed by atoms with Crippen molar-refractivity contribution < 1.29 is 19.4 Å². The first kappa shape index (κ1) is 12.0. The third-order valence-electron chi connectivity index (χ3n) is 3.73. The van der Waals surface area contributed by atoms with Crippen molar-refractivity contribution in [3.63, 3.8) is 0 Å². The smallest absolute Gasteiger partial charge is 0.410 e. The second-order valence-electron chi connectivity index (χ2n) is 4.78. The summed E-state index contributed by atoms with van der Waals surface area (Å²) in [6.45, 7) is 4.77. The van der Waals surface area contributed by atoms with Gasteiger partial charge in [-0.25, -0.2) is 4.79 Å². The zero-order valence-electron chi connectivity index (χ0n) is 9.72. The third kappa shape index (κ3) is 2.14. The summed E-state index contributed by atoms with van der Waals surface area (Å²) in [6, 6.07) is 0. The number of ether oxygens (including phenoxy) is 1. The molecule has 2 rings (SSSR count). The predicted octanol–water partition coefficient (Wildman–Crippen LogP) is 1.50. The molecule has 0 aromatic rings. The maximum absolute atomic E-state index is 11.7. The van der Waals surface area contributed by atoms with Crippen LogP contribution in [0.15, 0.2) is 12.7 Å². The largest absolute Gasteiger partial charge is 0.481 e. The van der Waals surface area contributed by atoms with Crippen molar-refractivity contribution in [1.29, 1.82) is 0 Å². The number of hydrogen-bond acceptors (Lipinski definition) is 3. The number of fused-ring (bicyclic) bond motifs is 1. The van der Waals surface area contributed by atoms with Crippen molar-refractivity contribution in [3.05, 3.63) is 12.7 Å². The van der Waals surface area contributed by atoms with E-state index in [0.717, 1.165) is 6.42 Å². The van der Waals surface area contributed by atoms with Crippen LogP contribution >= 0.6 is 0 Å². The first-order valence-corrected chi connectivity index (χ1v) is 5.86. The molecule has 1 aliphatic carbocycles. The van der Waals surface area contributed by atoms with Crippen LogP contribution in [0.3, 0.4) is 0 Å². The molecule has 2 unspecified atom stereocenters. The molecule has 0 aromatic heterocycles. The first-order chi connectivity index (χ1) is 8.10. The lowest BCUT2D eigenvalue weighted by atomic mass is 9.98. The highest BCUT2D eigenvalue weighted by Gasteiger charge is 2.61. The van der Waals surface area contributed by atoms with Crippen molar-refractivity contribution in [2.75, 3.05) is 19.7 Å². The average molecular weight is 239 g/mol. The number of carbonyl (C=O) groups is 2. The van der Waals surface area contributed by atoms with E-state index in [2.05, 4.69) is 6.58 Å². The van der Waals surface area contributed by atoms with Crippen molar-refractivity contribution in [3.8, 4) is 0 Å². The Labute approximate surface area is 100 Å². The van der Waals surface area contributed by atoms with Crippen molar-refractivity contribution in [1.82, 2.24) is 4.90 Å². The van der Waals surface area contributed by atoms with Crippen molar-refractivity contribution in [2.24, 2.45) is 11.3 Å². The van der Waals surface area contributed by atoms with Gasteiger partial charge in [0.05, 0.1) is 5.41 Å². The summed E-state index contributed by atoms with van der Waals surface area (Å²) in [5, 5.41) is 9.18. The molecule has 1 amide bonds. The Morgan fingerprint density at radius 1 is 1.59 bits per heavy atom. The highest BCUT2D eigenvalue weighted by molar-refractivity contribution is 5.79. The molecular weight excluding hydrogens is 222 g/mol. The van der Waals surface area contributed by atoms with E-state index in [4.69, 9.17) is 4.74 Å². The summed E-state index contributed by atoms with van der Waals surface area (Å²) in [5.41, 5.74) is -0.562. The van der Waals surface area contributed by atoms with Gasteiger partial charge in [-0.05, 0) is 25.2 Å². The summed E-state index contributed by atoms with van der Waals surface area (Å²) >= 11 is 0. The Balaban J connectivity index is 1.94. The number of nitrogens with zero attached hydrogens (tertiary/aromatic N) is 1. The Kier molecular flexibility index (Phi) is 3.09. The predicted molar refractivity (Wildman–Crippen MR) is 60.5 cm³/mol. The molecule has 0 spiro atoms. The van der Waals surface area contributed by atoms with Gasteiger partial charge in [0.1, 0.15) is 6.61 Å². The van der Waals surface area contributed by atoms with E-state index in [9.17, 15) is 14.7 Å². The highest BCUT2D eigenvalue weighted by atomic mass is 16.6. The number of hydrogen-bond donors (Lipinski definition) is 1. The zero-order chi connectivity index (χ0) is 12.5. The van der Waals surface area contributed by atoms with E-state index in [0.29, 0.717) is 25.9 Å². The normalized spacial score (nSPS) is 31.1. The number of amides is 1. The van der Waals surface area contributed by atoms with Gasteiger partial charge in [0.15, 0.2) is 0 Å². The van der Waals surface area contributed by atoms with Crippen LogP contribution in [0.4, 0.5) is 4.79 Å². The molecule has 2 aliphatic rings. The number of aliphatic carboxylic acids is 1. The molecule has 17 heavy (non-hydrogen) atoms. The summed E-state index contributed by atoms with van der Waals surface area (Å²) in [4.78, 5) is 24.4. The quantitative estimate of drug-likeness (QED) is 0.758. The number of carbonyl (C=O) groups excluding carboxylic acids is 1. The van der Waals surface area contributed by atoms with Crippen molar-refractivity contribution in [2.45, 2.75) is 19.3 Å². The van der Waals surface area contributed by atoms with Crippen LogP contribution in [0, 0.1) is 11.3 Å². The fourth-order valence-electron chi connectivity index (χ4n) is 2.63. The fraction of sp³-hybridized carbons (Fsp3) is 0.667. The van der Waals surface area contributed by atoms with Crippen LogP contribution in [0.25, 0.3) is 0 Å². The fourth-order valence-corrected chi connectivity index (χ4v) is 2.63. The van der Waals surface area contributed by atoms with Crippen LogP contribution in [0.2, 0.25) is 0 Å². The zero-order valence-corrected chi connectivity index (χ0v) is 9.72. The molecule has 1 saturated carbocycles. The van der Waals surface area contributed by atoms with E-state index in [1.165, 1.54) is 6.08 Å². The van der Waals surface area contributed by atoms with Crippen molar-refractivity contribution >= 4 is 12.1 Å². The molecule has 0 bridgehead atoms. The molecule has 1 N–H and O–H groups in total. The van der Waals surface area contributed by atoms with E-state index >= 15 is 0 Å². The Morgan fingerprint density at radius 2 is 2.35 bits per heavy atom. The molecule has 1 aliphatic heterocycles. The van der Waals surface area contributed by atoms with E-state index in [1.54, 1.807) is 4.90 Å². The number of rotatable bonds is 3. The summed E-state index contributed by atoms with van der Waals surface area (Å²) in [5.74, 6) is -0.623. The number of carboxylic acid groups (broad SMARTS) is 1. The van der Waals surface area contributed by atoms with Gasteiger partial charge in [-0.2, -0.15) is 0 Å². The molecule has 0 radical (unpaired) electrons. The molecule has 5 heteroatoms. The lowest BCUT2D eigenvalue weighted by Crippen LogP contribution is -2.33. The summed E-state index contributed by atoms with van der Waals surface area (Å²) in [7, 11) is 0. The Morgan fingerprint density at radius 3 is 3.00 bits per heavy atom. The maximum Gasteiger partial charge on any atom is 0.410 e. The molecule has 1 saturated heterocycles. The van der Waals surface area contributed by atoms with Gasteiger partial charge in [-0.3, -0.25) is 4.79 Å². The van der Waals surface area contributed by atoms with Gasteiger partial charge in [0.2, 0.25) is 0 Å². The molecule has 2 atom stereocenters. The number of likely N-dealkylation sites (tertiary alicyclic amines) is 1. The molecule has 94 valence electrons. The topological polar surface area (TPSA) is 66.8 Å². The molecule has 1 heterocycles. The van der Waals surface area contributed by atoms with E-state index < -0.39 is 11.4 Å². The van der Waals surface area contributed by atoms with Crippen LogP contribution in [0.5, 0.6) is 0 Å². The molecule has 2 fully saturated rings. The van der Waals surface area contributed by atoms with Crippen LogP contribution in [-0.4, -0.2) is 41.8 Å². The monoisotopic (exact) mass is 239 g/mol. The van der Waals surface area contributed by atoms with Gasteiger partial charge in [-0.15, -0.1) is 0 Å². The summed E-state index contributed by atoms with van der Waals surface area (Å²) in [6.07, 6.45) is 3.24. The van der Waals surface area contributed by atoms with Gasteiger partial charge in [-0.1, -0.05) is 12.7 Å². The SMILES string of the molecule is C=CCOC(=O)N1CCCC2(C(=O)O)CC2C1. The minimum atomic E-state index is -0.719. The Hall–Kier alpha value is -1.52. The minimum absolute atomic E-state index is 0.0961. The highest BCUT2D eigenvalue weighted by Crippen LogP contribution is 2.57. The van der Waals surface area contributed by atoms with Gasteiger partial charge < -0.3 is 14.7 Å². The third-order valence-corrected chi connectivity index (χ3v) is 3.73. The molecule has 0 aromatic carbocycles. The second kappa shape index (κ2) is 4.39. The van der Waals surface area contributed by atoms with Gasteiger partial charge >= 0.3 is 12.1 Å².